The molecule has 2 aromatic rings. The lowest BCUT2D eigenvalue weighted by atomic mass is 10.0. The van der Waals surface area contributed by atoms with Crippen LogP contribution in [0.4, 0.5) is 0 Å². The summed E-state index contributed by atoms with van der Waals surface area (Å²) >= 11 is 6.08. The molecule has 0 spiro atoms. The lowest BCUT2D eigenvalue weighted by Gasteiger charge is -2.25. The monoisotopic (exact) mass is 416 g/mol. The third kappa shape index (κ3) is 4.63. The molecule has 8 heteroatoms. The molecule has 152 valence electrons. The van der Waals surface area contributed by atoms with Crippen molar-refractivity contribution in [2.45, 2.75) is 19.1 Å². The van der Waals surface area contributed by atoms with Crippen molar-refractivity contribution in [2.75, 3.05) is 27.1 Å². The highest BCUT2D eigenvalue weighted by Crippen LogP contribution is 2.33. The molecule has 1 amide bonds. The third-order valence-corrected chi connectivity index (χ3v) is 4.98. The molecule has 0 aliphatic carbocycles. The first-order valence-corrected chi connectivity index (χ1v) is 9.64. The highest BCUT2D eigenvalue weighted by atomic mass is 35.5. The average Bonchev–Trinajstić information content (AvgIpc) is 3.36. The minimum atomic E-state index is -0.240. The van der Waals surface area contributed by atoms with Crippen LogP contribution in [0.25, 0.3) is 0 Å². The van der Waals surface area contributed by atoms with Crippen molar-refractivity contribution >= 4 is 23.2 Å². The van der Waals surface area contributed by atoms with Crippen molar-refractivity contribution < 1.29 is 23.8 Å². The number of benzene rings is 2. The average molecular weight is 417 g/mol. The lowest BCUT2D eigenvalue weighted by molar-refractivity contribution is -0.137. The Hall–Kier alpha value is -2.77. The van der Waals surface area contributed by atoms with E-state index in [-0.39, 0.29) is 25.4 Å². The van der Waals surface area contributed by atoms with Gasteiger partial charge in [0.25, 0.3) is 0 Å². The molecule has 0 saturated carbocycles. The maximum Gasteiger partial charge on any atom is 0.248 e. The molecule has 0 aromatic heterocycles. The molecule has 2 aromatic carbocycles. The summed E-state index contributed by atoms with van der Waals surface area (Å²) in [5, 5.41) is 4.85. The Bertz CT molecular complexity index is 933. The van der Waals surface area contributed by atoms with Gasteiger partial charge in [-0.3, -0.25) is 4.79 Å². The minimum absolute atomic E-state index is 0.00314. The Morgan fingerprint density at radius 3 is 2.93 bits per heavy atom. The van der Waals surface area contributed by atoms with E-state index in [2.05, 4.69) is 5.16 Å². The molecule has 2 heterocycles. The van der Waals surface area contributed by atoms with Crippen LogP contribution < -0.4 is 9.47 Å². The van der Waals surface area contributed by atoms with Crippen molar-refractivity contribution in [2.24, 2.45) is 5.16 Å². The van der Waals surface area contributed by atoms with Gasteiger partial charge in [0.2, 0.25) is 12.7 Å². The number of halogens is 1. The maximum atomic E-state index is 12.5. The highest BCUT2D eigenvalue weighted by molar-refractivity contribution is 6.30. The van der Waals surface area contributed by atoms with Gasteiger partial charge in [0.15, 0.2) is 17.6 Å². The van der Waals surface area contributed by atoms with E-state index in [0.29, 0.717) is 30.3 Å². The van der Waals surface area contributed by atoms with E-state index in [1.54, 1.807) is 11.0 Å². The molecule has 2 aliphatic rings. The van der Waals surface area contributed by atoms with Crippen LogP contribution in [0.1, 0.15) is 17.5 Å². The van der Waals surface area contributed by atoms with E-state index in [1.165, 1.54) is 7.11 Å². The van der Waals surface area contributed by atoms with Gasteiger partial charge in [0, 0.05) is 30.7 Å². The molecule has 1 atom stereocenters. The van der Waals surface area contributed by atoms with E-state index in [0.717, 1.165) is 22.6 Å². The number of ether oxygens (including phenoxy) is 3. The molecule has 0 bridgehead atoms. The quantitative estimate of drug-likeness (QED) is 0.693. The Balaban J connectivity index is 1.42. The zero-order valence-electron chi connectivity index (χ0n) is 16.0. The Labute approximate surface area is 173 Å². The fraction of sp³-hybridized carbons (Fsp3) is 0.333. The molecule has 0 fully saturated rings. The minimum Gasteiger partial charge on any atom is -0.454 e. The topological polar surface area (TPSA) is 69.6 Å². The van der Waals surface area contributed by atoms with Crippen LogP contribution in [-0.4, -0.2) is 49.7 Å². The van der Waals surface area contributed by atoms with Crippen LogP contribution in [0.5, 0.6) is 11.5 Å². The van der Waals surface area contributed by atoms with Crippen molar-refractivity contribution in [3.8, 4) is 11.5 Å². The van der Waals surface area contributed by atoms with E-state index >= 15 is 0 Å². The Morgan fingerprint density at radius 1 is 1.24 bits per heavy atom. The number of methoxy groups -OCH3 is 1. The molecule has 0 radical (unpaired) electrons. The van der Waals surface area contributed by atoms with Gasteiger partial charge in [-0.15, -0.1) is 0 Å². The molecule has 4 rings (SSSR count). The second kappa shape index (κ2) is 8.71. The number of carbonyl (C=O) groups excluding carboxylic acids is 1. The standard InChI is InChI=1S/C21H21ClN2O5/c1-26-12-21(25)24(10-14-3-2-4-16(22)7-14)11-17-9-18(23-29-17)15-5-6-19-20(8-15)28-13-27-19/h2-8,17H,9-13H2,1H3. The van der Waals surface area contributed by atoms with Crippen LogP contribution >= 0.6 is 11.6 Å². The Kier molecular flexibility index (Phi) is 5.87. The maximum absolute atomic E-state index is 12.5. The summed E-state index contributed by atoms with van der Waals surface area (Å²) in [4.78, 5) is 19.9. The number of nitrogens with zero attached hydrogens (tertiary/aromatic N) is 2. The van der Waals surface area contributed by atoms with Gasteiger partial charge in [-0.05, 0) is 35.9 Å². The number of fused-ring (bicyclic) bond motifs is 1. The molecule has 2 aliphatic heterocycles. The van der Waals surface area contributed by atoms with E-state index in [1.807, 2.05) is 36.4 Å². The van der Waals surface area contributed by atoms with Gasteiger partial charge in [-0.2, -0.15) is 0 Å². The lowest BCUT2D eigenvalue weighted by Crippen LogP contribution is -2.39. The van der Waals surface area contributed by atoms with Crippen LogP contribution in [-0.2, 0) is 20.9 Å². The smallest absolute Gasteiger partial charge is 0.248 e. The van der Waals surface area contributed by atoms with E-state index in [4.69, 9.17) is 30.6 Å². The predicted octanol–water partition coefficient (Wildman–Crippen LogP) is 3.24. The highest BCUT2D eigenvalue weighted by Gasteiger charge is 2.28. The van der Waals surface area contributed by atoms with Gasteiger partial charge in [0.05, 0.1) is 12.3 Å². The zero-order chi connectivity index (χ0) is 20.2. The molecule has 7 nitrogen and oxygen atoms in total. The molecule has 29 heavy (non-hydrogen) atoms. The third-order valence-electron chi connectivity index (χ3n) is 4.75. The second-order valence-corrected chi connectivity index (χ2v) is 7.31. The van der Waals surface area contributed by atoms with Crippen LogP contribution in [0.2, 0.25) is 5.02 Å². The van der Waals surface area contributed by atoms with Crippen LogP contribution in [0.3, 0.4) is 0 Å². The van der Waals surface area contributed by atoms with Crippen LogP contribution in [0.15, 0.2) is 47.6 Å². The Morgan fingerprint density at radius 2 is 2.10 bits per heavy atom. The van der Waals surface area contributed by atoms with E-state index in [9.17, 15) is 4.79 Å². The normalized spacial score (nSPS) is 17.0. The SMILES string of the molecule is COCC(=O)N(Cc1cccc(Cl)c1)CC1CC(c2ccc3c(c2)OCO3)=NO1. The number of rotatable bonds is 7. The number of amides is 1. The summed E-state index contributed by atoms with van der Waals surface area (Å²) in [5.74, 6) is 1.31. The largest absolute Gasteiger partial charge is 0.454 e. The van der Waals surface area contributed by atoms with Crippen molar-refractivity contribution in [3.63, 3.8) is 0 Å². The first-order valence-electron chi connectivity index (χ1n) is 9.26. The first-order chi connectivity index (χ1) is 14.1. The zero-order valence-corrected chi connectivity index (χ0v) is 16.7. The van der Waals surface area contributed by atoms with Crippen LogP contribution in [0, 0.1) is 0 Å². The van der Waals surface area contributed by atoms with Gasteiger partial charge >= 0.3 is 0 Å². The molecule has 0 N–H and O–H groups in total. The van der Waals surface area contributed by atoms with Gasteiger partial charge < -0.3 is 23.9 Å². The molecular formula is C21H21ClN2O5. The fourth-order valence-electron chi connectivity index (χ4n) is 3.34. The predicted molar refractivity (Wildman–Crippen MR) is 107 cm³/mol. The fourth-order valence-corrected chi connectivity index (χ4v) is 3.56. The van der Waals surface area contributed by atoms with Crippen molar-refractivity contribution in [3.05, 3.63) is 58.6 Å². The summed E-state index contributed by atoms with van der Waals surface area (Å²) in [5.41, 5.74) is 2.67. The number of hydrogen-bond acceptors (Lipinski definition) is 6. The summed E-state index contributed by atoms with van der Waals surface area (Å²) in [6.45, 7) is 1.04. The summed E-state index contributed by atoms with van der Waals surface area (Å²) in [6, 6.07) is 13.1. The molecular weight excluding hydrogens is 396 g/mol. The number of oxime groups is 1. The van der Waals surface area contributed by atoms with Gasteiger partial charge in [0.1, 0.15) is 6.61 Å². The molecule has 0 saturated heterocycles. The van der Waals surface area contributed by atoms with E-state index < -0.39 is 0 Å². The number of hydrogen-bond donors (Lipinski definition) is 0. The summed E-state index contributed by atoms with van der Waals surface area (Å²) < 4.78 is 15.8. The number of carbonyl (C=O) groups is 1. The van der Waals surface area contributed by atoms with Gasteiger partial charge in [-0.25, -0.2) is 0 Å². The second-order valence-electron chi connectivity index (χ2n) is 6.87. The summed E-state index contributed by atoms with van der Waals surface area (Å²) in [7, 11) is 1.50. The van der Waals surface area contributed by atoms with Crippen molar-refractivity contribution in [1.29, 1.82) is 0 Å². The first kappa shape index (κ1) is 19.5. The molecule has 1 unspecified atom stereocenters. The summed E-state index contributed by atoms with van der Waals surface area (Å²) in [6.07, 6.45) is 0.349. The van der Waals surface area contributed by atoms with Gasteiger partial charge in [-0.1, -0.05) is 28.9 Å². The van der Waals surface area contributed by atoms with Crippen molar-refractivity contribution in [1.82, 2.24) is 4.90 Å².